The lowest BCUT2D eigenvalue weighted by atomic mass is 10.2. The minimum atomic E-state index is 0.802. The van der Waals surface area contributed by atoms with Crippen LogP contribution in [0.2, 0.25) is 0 Å². The Balaban J connectivity index is 2.08. The zero-order valence-corrected chi connectivity index (χ0v) is 11.9. The van der Waals surface area contributed by atoms with E-state index in [-0.39, 0.29) is 0 Å². The van der Waals surface area contributed by atoms with Crippen LogP contribution in [0.3, 0.4) is 0 Å². The first-order valence-corrected chi connectivity index (χ1v) is 6.54. The van der Waals surface area contributed by atoms with Gasteiger partial charge in [-0.15, -0.1) is 0 Å². The van der Waals surface area contributed by atoms with E-state index in [4.69, 9.17) is 5.73 Å². The number of nitrogens with zero attached hydrogens (tertiary/aromatic N) is 1. The van der Waals surface area contributed by atoms with Crippen molar-refractivity contribution in [1.82, 2.24) is 0 Å². The first kappa shape index (κ1) is 12.2. The van der Waals surface area contributed by atoms with Crippen LogP contribution in [-0.2, 0) is 6.54 Å². The van der Waals surface area contributed by atoms with Crippen molar-refractivity contribution in [3.63, 3.8) is 0 Å². The van der Waals surface area contributed by atoms with Crippen molar-refractivity contribution in [2.75, 3.05) is 17.7 Å². The summed E-state index contributed by atoms with van der Waals surface area (Å²) < 4.78 is 1.27. The third kappa shape index (κ3) is 3.36. The van der Waals surface area contributed by atoms with Crippen molar-refractivity contribution < 1.29 is 0 Å². The van der Waals surface area contributed by atoms with Crippen molar-refractivity contribution >= 4 is 34.0 Å². The van der Waals surface area contributed by atoms with Gasteiger partial charge in [0, 0.05) is 28.5 Å². The smallest absolute Gasteiger partial charge is 0.0426 e. The molecule has 0 spiro atoms. The highest BCUT2D eigenvalue weighted by molar-refractivity contribution is 14.1. The number of anilines is 2. The maximum atomic E-state index is 5.68. The molecule has 2 aromatic carbocycles. The van der Waals surface area contributed by atoms with Gasteiger partial charge in [-0.3, -0.25) is 0 Å². The van der Waals surface area contributed by atoms with E-state index < -0.39 is 0 Å². The molecule has 0 aliphatic heterocycles. The van der Waals surface area contributed by atoms with Crippen molar-refractivity contribution in [3.05, 3.63) is 57.7 Å². The summed E-state index contributed by atoms with van der Waals surface area (Å²) in [7, 11) is 2.09. The summed E-state index contributed by atoms with van der Waals surface area (Å²) in [5.41, 5.74) is 8.97. The summed E-state index contributed by atoms with van der Waals surface area (Å²) in [6.45, 7) is 0.904. The van der Waals surface area contributed by atoms with E-state index in [1.807, 2.05) is 24.3 Å². The molecule has 88 valence electrons. The fraction of sp³-hybridized carbons (Fsp3) is 0.143. The molecule has 2 rings (SSSR count). The zero-order valence-electron chi connectivity index (χ0n) is 9.73. The van der Waals surface area contributed by atoms with Crippen LogP contribution in [0.1, 0.15) is 5.56 Å². The Morgan fingerprint density at radius 1 is 1.00 bits per heavy atom. The van der Waals surface area contributed by atoms with Crippen LogP contribution in [0.4, 0.5) is 11.4 Å². The van der Waals surface area contributed by atoms with E-state index in [1.54, 1.807) is 0 Å². The summed E-state index contributed by atoms with van der Waals surface area (Å²) >= 11 is 2.32. The van der Waals surface area contributed by atoms with Gasteiger partial charge in [0.05, 0.1) is 0 Å². The quantitative estimate of drug-likeness (QED) is 0.686. The van der Waals surface area contributed by atoms with Gasteiger partial charge in [0.2, 0.25) is 0 Å². The third-order valence-electron chi connectivity index (χ3n) is 2.67. The van der Waals surface area contributed by atoms with E-state index in [0.29, 0.717) is 0 Å². The van der Waals surface area contributed by atoms with Crippen LogP contribution in [0, 0.1) is 3.57 Å². The van der Waals surface area contributed by atoms with Gasteiger partial charge in [0.15, 0.2) is 0 Å². The number of benzene rings is 2. The molecule has 0 bridgehead atoms. The summed E-state index contributed by atoms with van der Waals surface area (Å²) in [5.74, 6) is 0. The number of nitrogen functional groups attached to an aromatic ring is 1. The molecule has 0 aliphatic rings. The highest BCUT2D eigenvalue weighted by atomic mass is 127. The van der Waals surface area contributed by atoms with E-state index in [2.05, 4.69) is 58.8 Å². The van der Waals surface area contributed by atoms with Crippen LogP contribution in [-0.4, -0.2) is 7.05 Å². The van der Waals surface area contributed by atoms with E-state index >= 15 is 0 Å². The maximum absolute atomic E-state index is 5.68. The highest BCUT2D eigenvalue weighted by Crippen LogP contribution is 2.17. The van der Waals surface area contributed by atoms with Crippen molar-refractivity contribution in [3.8, 4) is 0 Å². The summed E-state index contributed by atoms with van der Waals surface area (Å²) in [6, 6.07) is 16.5. The molecule has 2 nitrogen and oxygen atoms in total. The highest BCUT2D eigenvalue weighted by Gasteiger charge is 2.01. The van der Waals surface area contributed by atoms with Gasteiger partial charge in [-0.25, -0.2) is 0 Å². The van der Waals surface area contributed by atoms with Gasteiger partial charge in [0.25, 0.3) is 0 Å². The predicted octanol–water partition coefficient (Wildman–Crippen LogP) is 3.51. The first-order chi connectivity index (χ1) is 8.15. The molecule has 0 atom stereocenters. The van der Waals surface area contributed by atoms with Gasteiger partial charge >= 0.3 is 0 Å². The Kier molecular flexibility index (Phi) is 3.89. The lowest BCUT2D eigenvalue weighted by Crippen LogP contribution is -2.16. The molecule has 17 heavy (non-hydrogen) atoms. The molecular formula is C14H15IN2. The largest absolute Gasteiger partial charge is 0.399 e. The average Bonchev–Trinajstić information content (AvgIpc) is 2.33. The molecule has 3 heteroatoms. The monoisotopic (exact) mass is 338 g/mol. The topological polar surface area (TPSA) is 29.3 Å². The standard InChI is InChI=1S/C14H15IN2/c1-17(14-8-6-13(16)7-9-14)10-11-2-4-12(15)5-3-11/h2-9H,10,16H2,1H3. The molecule has 0 aromatic heterocycles. The molecule has 0 heterocycles. The van der Waals surface area contributed by atoms with Crippen molar-refractivity contribution in [2.24, 2.45) is 0 Å². The van der Waals surface area contributed by atoms with E-state index in [0.717, 1.165) is 12.2 Å². The molecule has 0 radical (unpaired) electrons. The molecule has 2 aromatic rings. The van der Waals surface area contributed by atoms with E-state index in [9.17, 15) is 0 Å². The minimum Gasteiger partial charge on any atom is -0.399 e. The molecule has 0 fully saturated rings. The number of hydrogen-bond donors (Lipinski definition) is 1. The van der Waals surface area contributed by atoms with Crippen LogP contribution in [0.5, 0.6) is 0 Å². The summed E-state index contributed by atoms with van der Waals surface area (Å²) in [6.07, 6.45) is 0. The van der Waals surface area contributed by atoms with Crippen LogP contribution in [0.25, 0.3) is 0 Å². The van der Waals surface area contributed by atoms with Crippen LogP contribution >= 0.6 is 22.6 Å². The second kappa shape index (κ2) is 5.40. The van der Waals surface area contributed by atoms with Crippen molar-refractivity contribution in [1.29, 1.82) is 0 Å². The SMILES string of the molecule is CN(Cc1ccc(I)cc1)c1ccc(N)cc1. The lowest BCUT2D eigenvalue weighted by molar-refractivity contribution is 0.923. The molecule has 0 amide bonds. The Morgan fingerprint density at radius 3 is 2.18 bits per heavy atom. The number of hydrogen-bond acceptors (Lipinski definition) is 2. The molecular weight excluding hydrogens is 323 g/mol. The van der Waals surface area contributed by atoms with E-state index in [1.165, 1.54) is 14.8 Å². The first-order valence-electron chi connectivity index (χ1n) is 5.46. The van der Waals surface area contributed by atoms with Gasteiger partial charge in [-0.2, -0.15) is 0 Å². The molecule has 0 aliphatic carbocycles. The number of nitrogens with two attached hydrogens (primary N) is 1. The third-order valence-corrected chi connectivity index (χ3v) is 3.39. The average molecular weight is 338 g/mol. The summed E-state index contributed by atoms with van der Waals surface area (Å²) in [5, 5.41) is 0. The van der Waals surface area contributed by atoms with Crippen LogP contribution < -0.4 is 10.6 Å². The Hall–Kier alpha value is -1.23. The molecule has 0 saturated heterocycles. The molecule has 2 N–H and O–H groups in total. The minimum absolute atomic E-state index is 0.802. The number of halogens is 1. The fourth-order valence-corrected chi connectivity index (χ4v) is 2.04. The number of rotatable bonds is 3. The van der Waals surface area contributed by atoms with Crippen LogP contribution in [0.15, 0.2) is 48.5 Å². The predicted molar refractivity (Wildman–Crippen MR) is 82.1 cm³/mol. The van der Waals surface area contributed by atoms with Gasteiger partial charge < -0.3 is 10.6 Å². The Morgan fingerprint density at radius 2 is 1.59 bits per heavy atom. The maximum Gasteiger partial charge on any atom is 0.0426 e. The van der Waals surface area contributed by atoms with Gasteiger partial charge in [-0.05, 0) is 64.6 Å². The van der Waals surface area contributed by atoms with Gasteiger partial charge in [0.1, 0.15) is 0 Å². The fourth-order valence-electron chi connectivity index (χ4n) is 1.68. The zero-order chi connectivity index (χ0) is 12.3. The normalized spacial score (nSPS) is 10.2. The Bertz CT molecular complexity index is 477. The lowest BCUT2D eigenvalue weighted by Gasteiger charge is -2.19. The van der Waals surface area contributed by atoms with Crippen molar-refractivity contribution in [2.45, 2.75) is 6.54 Å². The second-order valence-corrected chi connectivity index (χ2v) is 5.32. The Labute approximate surface area is 116 Å². The second-order valence-electron chi connectivity index (χ2n) is 4.07. The summed E-state index contributed by atoms with van der Waals surface area (Å²) in [4.78, 5) is 2.21. The van der Waals surface area contributed by atoms with Gasteiger partial charge in [-0.1, -0.05) is 12.1 Å². The molecule has 0 unspecified atom stereocenters. The molecule has 0 saturated carbocycles.